The summed E-state index contributed by atoms with van der Waals surface area (Å²) >= 11 is 6.08. The van der Waals surface area contributed by atoms with Gasteiger partial charge in [-0.3, -0.25) is 18.5 Å². The maximum absolute atomic E-state index is 14.2. The zero-order valence-corrected chi connectivity index (χ0v) is 17.7. The maximum Gasteiger partial charge on any atom is 0.332 e. The average Bonchev–Trinajstić information content (AvgIpc) is 3.08. The van der Waals surface area contributed by atoms with Crippen LogP contribution in [0.3, 0.4) is 0 Å². The number of halogens is 2. The molecule has 0 aliphatic heterocycles. The molecule has 8 nitrogen and oxygen atoms in total. The molecule has 4 rings (SSSR count). The Balaban J connectivity index is 1.85. The van der Waals surface area contributed by atoms with Crippen molar-refractivity contribution in [1.29, 1.82) is 0 Å². The molecule has 4 aromatic rings. The number of benzene rings is 2. The van der Waals surface area contributed by atoms with Gasteiger partial charge in [-0.25, -0.2) is 9.18 Å². The highest BCUT2D eigenvalue weighted by Gasteiger charge is 2.21. The number of imidazole rings is 1. The fourth-order valence-corrected chi connectivity index (χ4v) is 3.49. The summed E-state index contributed by atoms with van der Waals surface area (Å²) in [5.41, 5.74) is -0.952. The lowest BCUT2D eigenvalue weighted by Crippen LogP contribution is -2.40. The Morgan fingerprint density at radius 1 is 1.06 bits per heavy atom. The van der Waals surface area contributed by atoms with Crippen molar-refractivity contribution in [2.24, 2.45) is 14.1 Å². The van der Waals surface area contributed by atoms with Gasteiger partial charge in [0.2, 0.25) is 0 Å². The third-order valence-corrected chi connectivity index (χ3v) is 5.30. The van der Waals surface area contributed by atoms with Crippen LogP contribution >= 0.6 is 11.6 Å². The van der Waals surface area contributed by atoms with Gasteiger partial charge in [-0.05, 0) is 24.3 Å². The second kappa shape index (κ2) is 7.92. The van der Waals surface area contributed by atoms with Crippen molar-refractivity contribution in [3.05, 3.63) is 79.7 Å². The molecule has 0 unspecified atom stereocenters. The van der Waals surface area contributed by atoms with E-state index in [1.165, 1.54) is 41.5 Å². The summed E-state index contributed by atoms with van der Waals surface area (Å²) in [6.45, 7) is -0.315. The third kappa shape index (κ3) is 3.57. The number of aromatic nitrogens is 4. The van der Waals surface area contributed by atoms with Crippen molar-refractivity contribution < 1.29 is 13.9 Å². The summed E-state index contributed by atoms with van der Waals surface area (Å²) in [5, 5.41) is 0.126. The van der Waals surface area contributed by atoms with E-state index in [1.54, 1.807) is 31.3 Å². The Hall–Kier alpha value is -3.59. The predicted octanol–water partition coefficient (Wildman–Crippen LogP) is 3.08. The van der Waals surface area contributed by atoms with E-state index in [4.69, 9.17) is 21.1 Å². The minimum absolute atomic E-state index is 0.0535. The Bertz CT molecular complexity index is 1400. The van der Waals surface area contributed by atoms with E-state index in [0.29, 0.717) is 11.5 Å². The third-order valence-electron chi connectivity index (χ3n) is 4.95. The van der Waals surface area contributed by atoms with Crippen LogP contribution in [0.2, 0.25) is 5.02 Å². The highest BCUT2D eigenvalue weighted by Crippen LogP contribution is 2.26. The van der Waals surface area contributed by atoms with Gasteiger partial charge in [0, 0.05) is 30.7 Å². The quantitative estimate of drug-likeness (QED) is 0.472. The first-order valence-corrected chi connectivity index (χ1v) is 9.60. The number of methoxy groups -OCH3 is 1. The monoisotopic (exact) mass is 444 g/mol. The molecule has 0 saturated carbocycles. The molecular formula is C21H18ClFN4O4. The summed E-state index contributed by atoms with van der Waals surface area (Å²) in [6.07, 6.45) is 0. The van der Waals surface area contributed by atoms with Gasteiger partial charge in [-0.1, -0.05) is 23.7 Å². The Morgan fingerprint density at radius 3 is 2.48 bits per heavy atom. The van der Waals surface area contributed by atoms with Crippen LogP contribution in [0, 0.1) is 5.82 Å². The first-order chi connectivity index (χ1) is 14.8. The molecule has 0 aliphatic carbocycles. The topological polar surface area (TPSA) is 80.3 Å². The minimum atomic E-state index is -0.650. The van der Waals surface area contributed by atoms with Crippen molar-refractivity contribution in [1.82, 2.24) is 18.7 Å². The molecule has 2 aromatic heterocycles. The molecule has 0 fully saturated rings. The summed E-state index contributed by atoms with van der Waals surface area (Å²) in [7, 11) is 4.61. The van der Waals surface area contributed by atoms with Crippen LogP contribution in [0.5, 0.6) is 17.5 Å². The number of fused-ring (bicyclic) bond motifs is 1. The van der Waals surface area contributed by atoms with Crippen LogP contribution in [0.15, 0.2) is 52.1 Å². The van der Waals surface area contributed by atoms with Gasteiger partial charge in [0.15, 0.2) is 11.2 Å². The fraction of sp³-hybridized carbons (Fsp3) is 0.190. The second-order valence-corrected chi connectivity index (χ2v) is 7.25. The van der Waals surface area contributed by atoms with Crippen LogP contribution in [-0.4, -0.2) is 25.8 Å². The number of ether oxygens (including phenoxy) is 2. The van der Waals surface area contributed by atoms with Gasteiger partial charge in [-0.2, -0.15) is 4.98 Å². The number of hydrogen-bond acceptors (Lipinski definition) is 5. The second-order valence-electron chi connectivity index (χ2n) is 6.84. The Kier molecular flexibility index (Phi) is 5.28. The summed E-state index contributed by atoms with van der Waals surface area (Å²) in [6, 6.07) is 11.2. The summed E-state index contributed by atoms with van der Waals surface area (Å²) in [4.78, 5) is 30.3. The molecule has 0 aliphatic rings. The molecular weight excluding hydrogens is 427 g/mol. The van der Waals surface area contributed by atoms with Gasteiger partial charge in [-0.15, -0.1) is 0 Å². The van der Waals surface area contributed by atoms with E-state index >= 15 is 0 Å². The average molecular weight is 445 g/mol. The zero-order chi connectivity index (χ0) is 22.3. The van der Waals surface area contributed by atoms with Gasteiger partial charge >= 0.3 is 11.7 Å². The van der Waals surface area contributed by atoms with Gasteiger partial charge in [0.1, 0.15) is 17.3 Å². The van der Waals surface area contributed by atoms with E-state index in [1.807, 2.05) is 0 Å². The number of hydrogen-bond donors (Lipinski definition) is 0. The zero-order valence-electron chi connectivity index (χ0n) is 16.9. The van der Waals surface area contributed by atoms with Crippen LogP contribution in [0.1, 0.15) is 5.56 Å². The van der Waals surface area contributed by atoms with E-state index in [2.05, 4.69) is 4.98 Å². The molecule has 10 heteroatoms. The minimum Gasteiger partial charge on any atom is -0.497 e. The highest BCUT2D eigenvalue weighted by molar-refractivity contribution is 6.31. The predicted molar refractivity (Wildman–Crippen MR) is 114 cm³/mol. The van der Waals surface area contributed by atoms with Crippen molar-refractivity contribution in [2.75, 3.05) is 7.11 Å². The smallest absolute Gasteiger partial charge is 0.332 e. The van der Waals surface area contributed by atoms with E-state index in [-0.39, 0.29) is 34.3 Å². The van der Waals surface area contributed by atoms with Gasteiger partial charge in [0.05, 0.1) is 13.7 Å². The molecule has 2 aromatic carbocycles. The summed E-state index contributed by atoms with van der Waals surface area (Å²) < 4.78 is 28.8. The van der Waals surface area contributed by atoms with Crippen molar-refractivity contribution in [3.63, 3.8) is 0 Å². The van der Waals surface area contributed by atoms with E-state index in [9.17, 15) is 14.0 Å². The molecule has 0 atom stereocenters. The fourth-order valence-electron chi connectivity index (χ4n) is 3.27. The molecule has 2 heterocycles. The van der Waals surface area contributed by atoms with Crippen LogP contribution in [-0.2, 0) is 20.6 Å². The number of nitrogens with zero attached hydrogens (tertiary/aromatic N) is 4. The lowest BCUT2D eigenvalue weighted by Gasteiger charge is -2.10. The van der Waals surface area contributed by atoms with Crippen LogP contribution in [0.25, 0.3) is 11.2 Å². The molecule has 0 N–H and O–H groups in total. The van der Waals surface area contributed by atoms with Crippen LogP contribution in [0.4, 0.5) is 4.39 Å². The van der Waals surface area contributed by atoms with E-state index < -0.39 is 17.1 Å². The van der Waals surface area contributed by atoms with E-state index in [0.717, 1.165) is 4.57 Å². The number of aryl methyl sites for hydroxylation is 2. The molecule has 0 radical (unpaired) electrons. The Labute approximate surface area is 180 Å². The van der Waals surface area contributed by atoms with Crippen LogP contribution < -0.4 is 20.7 Å². The summed E-state index contributed by atoms with van der Waals surface area (Å²) in [5.74, 6) is 0.433. The molecule has 0 bridgehead atoms. The standard InChI is InChI=1S/C21H18ClFN4O4/c1-25-17-18(24-20(25)31-13-7-4-6-12(10-13)30-3)26(2)21(29)27(19(17)28)11-14-15(22)8-5-9-16(14)23/h4-10H,11H2,1-3H3. The molecule has 0 spiro atoms. The number of rotatable bonds is 5. The first-order valence-electron chi connectivity index (χ1n) is 9.23. The lowest BCUT2D eigenvalue weighted by molar-refractivity contribution is 0.400. The normalized spacial score (nSPS) is 11.1. The van der Waals surface area contributed by atoms with Gasteiger partial charge < -0.3 is 9.47 Å². The van der Waals surface area contributed by atoms with Crippen molar-refractivity contribution >= 4 is 22.8 Å². The van der Waals surface area contributed by atoms with Crippen molar-refractivity contribution in [3.8, 4) is 17.5 Å². The Morgan fingerprint density at radius 2 is 1.77 bits per heavy atom. The largest absolute Gasteiger partial charge is 0.497 e. The maximum atomic E-state index is 14.2. The highest BCUT2D eigenvalue weighted by atomic mass is 35.5. The SMILES string of the molecule is COc1cccc(Oc2nc3c(c(=O)n(Cc4c(F)cccc4Cl)c(=O)n3C)n2C)c1. The van der Waals surface area contributed by atoms with Gasteiger partial charge in [0.25, 0.3) is 5.56 Å². The lowest BCUT2D eigenvalue weighted by atomic mass is 10.2. The molecule has 160 valence electrons. The molecule has 0 saturated heterocycles. The molecule has 31 heavy (non-hydrogen) atoms. The first kappa shape index (κ1) is 20.7. The van der Waals surface area contributed by atoms with Crippen molar-refractivity contribution in [2.45, 2.75) is 6.54 Å². The molecule has 0 amide bonds.